The van der Waals surface area contributed by atoms with Gasteiger partial charge in [-0.1, -0.05) is 48.5 Å². The number of piperidine rings is 1. The third-order valence-corrected chi connectivity index (χ3v) is 6.33. The maximum Gasteiger partial charge on any atom is 0.254 e. The van der Waals surface area contributed by atoms with Gasteiger partial charge in [-0.2, -0.15) is 0 Å². The molecule has 2 aliphatic heterocycles. The fourth-order valence-electron chi connectivity index (χ4n) is 4.71. The van der Waals surface area contributed by atoms with Crippen LogP contribution in [0.25, 0.3) is 11.3 Å². The SMILES string of the molecule is O=C1c2ccccc2CN1CC1CCN(Cn2cccc2-c2ccccc2)CC1. The smallest absolute Gasteiger partial charge is 0.254 e. The molecular weight excluding hydrogens is 358 g/mol. The van der Waals surface area contributed by atoms with Crippen LogP contribution in [0.3, 0.4) is 0 Å². The Hall–Kier alpha value is -2.85. The highest BCUT2D eigenvalue weighted by atomic mass is 16.2. The van der Waals surface area contributed by atoms with Gasteiger partial charge in [0.1, 0.15) is 0 Å². The van der Waals surface area contributed by atoms with Crippen LogP contribution in [0.4, 0.5) is 0 Å². The normalized spacial score (nSPS) is 17.7. The van der Waals surface area contributed by atoms with Crippen LogP contribution in [-0.2, 0) is 13.2 Å². The third-order valence-electron chi connectivity index (χ3n) is 6.33. The number of aromatic nitrogens is 1. The van der Waals surface area contributed by atoms with E-state index in [0.29, 0.717) is 5.92 Å². The van der Waals surface area contributed by atoms with Crippen molar-refractivity contribution in [2.75, 3.05) is 19.6 Å². The minimum absolute atomic E-state index is 0.211. The summed E-state index contributed by atoms with van der Waals surface area (Å²) in [5.41, 5.74) is 4.61. The Kier molecular flexibility index (Phi) is 4.94. The molecule has 5 rings (SSSR count). The van der Waals surface area contributed by atoms with Gasteiger partial charge in [-0.3, -0.25) is 9.69 Å². The highest BCUT2D eigenvalue weighted by Gasteiger charge is 2.30. The molecule has 1 fully saturated rings. The number of hydrogen-bond acceptors (Lipinski definition) is 2. The average Bonchev–Trinajstić information content (AvgIpc) is 3.35. The number of rotatable bonds is 5. The van der Waals surface area contributed by atoms with Gasteiger partial charge in [-0.05, 0) is 48.1 Å². The molecule has 1 aromatic heterocycles. The summed E-state index contributed by atoms with van der Waals surface area (Å²) in [5, 5.41) is 0. The summed E-state index contributed by atoms with van der Waals surface area (Å²) in [7, 11) is 0. The van der Waals surface area contributed by atoms with Gasteiger partial charge in [-0.15, -0.1) is 0 Å². The summed E-state index contributed by atoms with van der Waals surface area (Å²) in [6.45, 7) is 4.77. The van der Waals surface area contributed by atoms with Crippen molar-refractivity contribution in [3.63, 3.8) is 0 Å². The summed E-state index contributed by atoms with van der Waals surface area (Å²) >= 11 is 0. The zero-order valence-corrected chi connectivity index (χ0v) is 16.7. The van der Waals surface area contributed by atoms with E-state index >= 15 is 0 Å². The van der Waals surface area contributed by atoms with Crippen LogP contribution in [0.2, 0.25) is 0 Å². The van der Waals surface area contributed by atoms with Crippen molar-refractivity contribution in [2.45, 2.75) is 26.1 Å². The molecule has 2 aliphatic rings. The molecule has 0 bridgehead atoms. The first-order valence-electron chi connectivity index (χ1n) is 10.6. The topological polar surface area (TPSA) is 28.5 Å². The lowest BCUT2D eigenvalue weighted by Crippen LogP contribution is -2.39. The molecule has 0 atom stereocenters. The number of likely N-dealkylation sites (tertiary alicyclic amines) is 1. The third kappa shape index (κ3) is 3.73. The molecule has 1 saturated heterocycles. The second kappa shape index (κ2) is 7.88. The van der Waals surface area contributed by atoms with Crippen LogP contribution >= 0.6 is 0 Å². The van der Waals surface area contributed by atoms with Gasteiger partial charge in [0.25, 0.3) is 5.91 Å². The van der Waals surface area contributed by atoms with Crippen LogP contribution in [0.15, 0.2) is 72.9 Å². The number of hydrogen-bond donors (Lipinski definition) is 0. The van der Waals surface area contributed by atoms with Gasteiger partial charge in [0, 0.05) is 43.6 Å². The van der Waals surface area contributed by atoms with Gasteiger partial charge in [0.2, 0.25) is 0 Å². The van der Waals surface area contributed by atoms with E-state index in [0.717, 1.165) is 51.3 Å². The van der Waals surface area contributed by atoms with E-state index in [1.165, 1.54) is 16.8 Å². The number of carbonyl (C=O) groups excluding carboxylic acids is 1. The first kappa shape index (κ1) is 18.2. The van der Waals surface area contributed by atoms with Crippen LogP contribution < -0.4 is 0 Å². The predicted molar refractivity (Wildman–Crippen MR) is 115 cm³/mol. The first-order valence-corrected chi connectivity index (χ1v) is 10.6. The standard InChI is InChI=1S/C25H27N3O/c29-25-23-10-5-4-9-22(23)18-28(25)17-20-12-15-26(16-13-20)19-27-14-6-11-24(27)21-7-2-1-3-8-21/h1-11,14,20H,12-13,15-19H2. The second-order valence-corrected chi connectivity index (χ2v) is 8.27. The number of nitrogens with zero attached hydrogens (tertiary/aromatic N) is 3. The zero-order chi connectivity index (χ0) is 19.6. The second-order valence-electron chi connectivity index (χ2n) is 8.27. The molecule has 4 nitrogen and oxygen atoms in total. The molecule has 0 spiro atoms. The summed E-state index contributed by atoms with van der Waals surface area (Å²) in [5.74, 6) is 0.811. The van der Waals surface area contributed by atoms with Gasteiger partial charge in [0.05, 0.1) is 6.67 Å². The summed E-state index contributed by atoms with van der Waals surface area (Å²) in [6.07, 6.45) is 4.48. The first-order chi connectivity index (χ1) is 14.3. The van der Waals surface area contributed by atoms with Crippen molar-refractivity contribution in [1.29, 1.82) is 0 Å². The Bertz CT molecular complexity index is 986. The van der Waals surface area contributed by atoms with Gasteiger partial charge in [0.15, 0.2) is 0 Å². The van der Waals surface area contributed by atoms with Gasteiger partial charge < -0.3 is 9.47 Å². The molecule has 3 heterocycles. The van der Waals surface area contributed by atoms with Crippen LogP contribution in [0, 0.1) is 5.92 Å². The Labute approximate surface area is 172 Å². The summed E-state index contributed by atoms with van der Waals surface area (Å²) in [6, 6.07) is 22.9. The fraction of sp³-hybridized carbons (Fsp3) is 0.320. The van der Waals surface area contributed by atoms with Crippen molar-refractivity contribution >= 4 is 5.91 Å². The van der Waals surface area contributed by atoms with Crippen molar-refractivity contribution in [3.05, 3.63) is 84.1 Å². The maximum atomic E-state index is 12.6. The molecule has 29 heavy (non-hydrogen) atoms. The molecule has 0 N–H and O–H groups in total. The highest BCUT2D eigenvalue weighted by Crippen LogP contribution is 2.27. The molecular formula is C25H27N3O. The monoisotopic (exact) mass is 385 g/mol. The molecule has 1 amide bonds. The summed E-state index contributed by atoms with van der Waals surface area (Å²) < 4.78 is 2.34. The van der Waals surface area contributed by atoms with E-state index in [1.807, 2.05) is 23.1 Å². The van der Waals surface area contributed by atoms with Crippen molar-refractivity contribution in [2.24, 2.45) is 5.92 Å². The van der Waals surface area contributed by atoms with Crippen LogP contribution in [0.1, 0.15) is 28.8 Å². The maximum absolute atomic E-state index is 12.6. The Morgan fingerprint density at radius 1 is 0.862 bits per heavy atom. The van der Waals surface area contributed by atoms with E-state index in [2.05, 4.69) is 64.2 Å². The Morgan fingerprint density at radius 2 is 1.62 bits per heavy atom. The molecule has 0 radical (unpaired) electrons. The fourth-order valence-corrected chi connectivity index (χ4v) is 4.71. The molecule has 148 valence electrons. The minimum atomic E-state index is 0.211. The van der Waals surface area contributed by atoms with Crippen LogP contribution in [-0.4, -0.2) is 39.9 Å². The van der Waals surface area contributed by atoms with Crippen molar-refractivity contribution < 1.29 is 4.79 Å². The van der Waals surface area contributed by atoms with E-state index in [-0.39, 0.29) is 5.91 Å². The van der Waals surface area contributed by atoms with Crippen molar-refractivity contribution in [1.82, 2.24) is 14.4 Å². The molecule has 3 aromatic rings. The quantitative estimate of drug-likeness (QED) is 0.648. The van der Waals surface area contributed by atoms with E-state index in [1.54, 1.807) is 0 Å². The largest absolute Gasteiger partial charge is 0.334 e. The molecule has 0 unspecified atom stereocenters. The van der Waals surface area contributed by atoms with Crippen molar-refractivity contribution in [3.8, 4) is 11.3 Å². The van der Waals surface area contributed by atoms with Crippen LogP contribution in [0.5, 0.6) is 0 Å². The number of amides is 1. The van der Waals surface area contributed by atoms with E-state index in [9.17, 15) is 4.79 Å². The lowest BCUT2D eigenvalue weighted by Gasteiger charge is -2.34. The number of carbonyl (C=O) groups is 1. The van der Waals surface area contributed by atoms with E-state index in [4.69, 9.17) is 0 Å². The molecule has 2 aromatic carbocycles. The molecule has 0 aliphatic carbocycles. The molecule has 0 saturated carbocycles. The van der Waals surface area contributed by atoms with E-state index < -0.39 is 0 Å². The Morgan fingerprint density at radius 3 is 2.41 bits per heavy atom. The zero-order valence-electron chi connectivity index (χ0n) is 16.7. The van der Waals surface area contributed by atoms with Gasteiger partial charge in [-0.25, -0.2) is 0 Å². The Balaban J connectivity index is 1.16. The number of fused-ring (bicyclic) bond motifs is 1. The lowest BCUT2D eigenvalue weighted by atomic mass is 9.96. The molecule has 4 heteroatoms. The predicted octanol–water partition coefficient (Wildman–Crippen LogP) is 4.48. The highest BCUT2D eigenvalue weighted by molar-refractivity contribution is 5.98. The van der Waals surface area contributed by atoms with Gasteiger partial charge >= 0.3 is 0 Å². The lowest BCUT2D eigenvalue weighted by molar-refractivity contribution is 0.0699. The number of benzene rings is 2. The minimum Gasteiger partial charge on any atom is -0.334 e. The summed E-state index contributed by atoms with van der Waals surface area (Å²) in [4.78, 5) is 17.2. The average molecular weight is 386 g/mol.